The molecule has 0 unspecified atom stereocenters. The quantitative estimate of drug-likeness (QED) is 0.378. The molecule has 19 heavy (non-hydrogen) atoms. The molecule has 0 spiro atoms. The third-order valence-corrected chi connectivity index (χ3v) is 3.99. The monoisotopic (exact) mass is 274 g/mol. The van der Waals surface area contributed by atoms with Gasteiger partial charge < -0.3 is 26.0 Å². The van der Waals surface area contributed by atoms with E-state index in [-0.39, 0.29) is 18.6 Å². The number of unbranched alkanes of at least 4 members (excludes halogenated alkanes) is 3. The van der Waals surface area contributed by atoms with Gasteiger partial charge in [0.1, 0.15) is 0 Å². The van der Waals surface area contributed by atoms with Gasteiger partial charge in [0, 0.05) is 25.1 Å². The average molecular weight is 274 g/mol. The summed E-state index contributed by atoms with van der Waals surface area (Å²) in [6.45, 7) is 4.42. The van der Waals surface area contributed by atoms with Crippen molar-refractivity contribution in [3.63, 3.8) is 0 Å². The van der Waals surface area contributed by atoms with Gasteiger partial charge in [0.2, 0.25) is 0 Å². The van der Waals surface area contributed by atoms with E-state index >= 15 is 0 Å². The summed E-state index contributed by atoms with van der Waals surface area (Å²) < 4.78 is 0. The molecule has 5 nitrogen and oxygen atoms in total. The van der Waals surface area contributed by atoms with Gasteiger partial charge in [0.05, 0.1) is 12.2 Å². The topological polar surface area (TPSA) is 84.8 Å². The highest BCUT2D eigenvalue weighted by Crippen LogP contribution is 2.19. The number of aliphatic hydroxyl groups is 3. The maximum absolute atomic E-state index is 9.84. The lowest BCUT2D eigenvalue weighted by atomic mass is 9.85. The van der Waals surface area contributed by atoms with Crippen LogP contribution in [-0.4, -0.2) is 59.8 Å². The van der Waals surface area contributed by atoms with Crippen LogP contribution in [0.2, 0.25) is 0 Å². The Kier molecular flexibility index (Phi) is 8.57. The van der Waals surface area contributed by atoms with Crippen LogP contribution >= 0.6 is 0 Å². The molecule has 0 aliphatic carbocycles. The summed E-state index contributed by atoms with van der Waals surface area (Å²) in [7, 11) is 0. The lowest BCUT2D eigenvalue weighted by Crippen LogP contribution is -2.58. The molecule has 114 valence electrons. The SMILES string of the molecule is CCCCCCNCC[C@@H]1NC[C@@H](O)[C@H](O)[C@H]1CO. The summed E-state index contributed by atoms with van der Waals surface area (Å²) in [4.78, 5) is 0. The smallest absolute Gasteiger partial charge is 0.0927 e. The van der Waals surface area contributed by atoms with E-state index in [9.17, 15) is 15.3 Å². The Balaban J connectivity index is 2.14. The number of aliphatic hydroxyl groups excluding tert-OH is 3. The molecule has 0 bridgehead atoms. The van der Waals surface area contributed by atoms with Crippen LogP contribution < -0.4 is 10.6 Å². The van der Waals surface area contributed by atoms with Crippen molar-refractivity contribution in [1.82, 2.24) is 10.6 Å². The Morgan fingerprint density at radius 1 is 1.16 bits per heavy atom. The van der Waals surface area contributed by atoms with Gasteiger partial charge in [-0.15, -0.1) is 0 Å². The lowest BCUT2D eigenvalue weighted by molar-refractivity contribution is -0.0675. The van der Waals surface area contributed by atoms with Gasteiger partial charge in [-0.1, -0.05) is 26.2 Å². The number of nitrogens with one attached hydrogen (secondary N) is 2. The first-order valence-corrected chi connectivity index (χ1v) is 7.61. The number of hydrogen-bond acceptors (Lipinski definition) is 5. The van der Waals surface area contributed by atoms with E-state index in [1.807, 2.05) is 0 Å². The summed E-state index contributed by atoms with van der Waals surface area (Å²) in [6.07, 6.45) is 4.30. The van der Waals surface area contributed by atoms with Crippen LogP contribution in [0.5, 0.6) is 0 Å². The molecule has 0 aromatic heterocycles. The molecule has 1 saturated heterocycles. The molecule has 1 aliphatic rings. The fraction of sp³-hybridized carbons (Fsp3) is 1.00. The van der Waals surface area contributed by atoms with Crippen LogP contribution in [0.15, 0.2) is 0 Å². The molecule has 1 rings (SSSR count). The van der Waals surface area contributed by atoms with Crippen LogP contribution in [0.3, 0.4) is 0 Å². The van der Waals surface area contributed by atoms with Gasteiger partial charge in [-0.05, 0) is 25.9 Å². The van der Waals surface area contributed by atoms with Crippen molar-refractivity contribution in [3.8, 4) is 0 Å². The van der Waals surface area contributed by atoms with E-state index in [1.54, 1.807) is 0 Å². The lowest BCUT2D eigenvalue weighted by Gasteiger charge is -2.38. The van der Waals surface area contributed by atoms with E-state index in [1.165, 1.54) is 25.7 Å². The van der Waals surface area contributed by atoms with E-state index < -0.39 is 12.2 Å². The predicted octanol–water partition coefficient (Wildman–Crippen LogP) is -0.151. The van der Waals surface area contributed by atoms with Gasteiger partial charge in [0.15, 0.2) is 0 Å². The van der Waals surface area contributed by atoms with Crippen molar-refractivity contribution in [3.05, 3.63) is 0 Å². The zero-order valence-corrected chi connectivity index (χ0v) is 12.0. The number of β-amino-alcohol motifs (C(OH)–C–C–N with tert-alkyl or cyclic N) is 1. The van der Waals surface area contributed by atoms with Gasteiger partial charge in [-0.2, -0.15) is 0 Å². The second-order valence-corrected chi connectivity index (χ2v) is 5.52. The third-order valence-electron chi connectivity index (χ3n) is 3.99. The van der Waals surface area contributed by atoms with E-state index in [4.69, 9.17) is 0 Å². The van der Waals surface area contributed by atoms with Crippen molar-refractivity contribution in [2.45, 2.75) is 57.3 Å². The number of rotatable bonds is 9. The molecular formula is C14H30N2O3. The van der Waals surface area contributed by atoms with Crippen LogP contribution in [0, 0.1) is 5.92 Å². The minimum atomic E-state index is -0.819. The molecule has 4 atom stereocenters. The number of piperidine rings is 1. The van der Waals surface area contributed by atoms with Crippen molar-refractivity contribution in [2.24, 2.45) is 5.92 Å². The second kappa shape index (κ2) is 9.66. The Labute approximate surface area is 116 Å². The molecule has 0 saturated carbocycles. The van der Waals surface area contributed by atoms with Gasteiger partial charge in [-0.25, -0.2) is 0 Å². The molecule has 0 radical (unpaired) electrons. The van der Waals surface area contributed by atoms with Crippen molar-refractivity contribution >= 4 is 0 Å². The molecule has 1 heterocycles. The predicted molar refractivity (Wildman–Crippen MR) is 76.0 cm³/mol. The Bertz CT molecular complexity index is 229. The molecule has 5 N–H and O–H groups in total. The maximum Gasteiger partial charge on any atom is 0.0927 e. The summed E-state index contributed by atoms with van der Waals surface area (Å²) in [5, 5.41) is 35.3. The second-order valence-electron chi connectivity index (χ2n) is 5.52. The molecular weight excluding hydrogens is 244 g/mol. The highest BCUT2D eigenvalue weighted by molar-refractivity contribution is 4.91. The highest BCUT2D eigenvalue weighted by Gasteiger charge is 2.36. The van der Waals surface area contributed by atoms with Crippen LogP contribution in [0.4, 0.5) is 0 Å². The highest BCUT2D eigenvalue weighted by atomic mass is 16.3. The molecule has 0 aromatic carbocycles. The minimum Gasteiger partial charge on any atom is -0.396 e. The molecule has 1 aliphatic heterocycles. The fourth-order valence-electron chi connectivity index (χ4n) is 2.68. The fourth-order valence-corrected chi connectivity index (χ4v) is 2.68. The Hall–Kier alpha value is -0.200. The number of hydrogen-bond donors (Lipinski definition) is 5. The van der Waals surface area contributed by atoms with Crippen LogP contribution in [0.1, 0.15) is 39.0 Å². The zero-order chi connectivity index (χ0) is 14.1. The van der Waals surface area contributed by atoms with Crippen molar-refractivity contribution in [1.29, 1.82) is 0 Å². The first-order chi connectivity index (χ1) is 9.20. The molecule has 0 aromatic rings. The molecule has 0 amide bonds. The third kappa shape index (κ3) is 5.75. The Morgan fingerprint density at radius 3 is 2.63 bits per heavy atom. The first kappa shape index (κ1) is 16.9. The standard InChI is InChI=1S/C14H30N2O3/c1-2-3-4-5-7-15-8-6-12-11(10-17)14(19)13(18)9-16-12/h11-19H,2-10H2,1H3/t11-,12-,13+,14+/m0/s1. The van der Waals surface area contributed by atoms with Crippen LogP contribution in [0.25, 0.3) is 0 Å². The normalized spacial score (nSPS) is 31.6. The molecule has 1 fully saturated rings. The molecule has 5 heteroatoms. The Morgan fingerprint density at radius 2 is 1.95 bits per heavy atom. The maximum atomic E-state index is 9.84. The summed E-state index contributed by atoms with van der Waals surface area (Å²) in [6, 6.07) is 0.0755. The average Bonchev–Trinajstić information content (AvgIpc) is 2.42. The zero-order valence-electron chi connectivity index (χ0n) is 12.0. The van der Waals surface area contributed by atoms with Crippen LogP contribution in [-0.2, 0) is 0 Å². The first-order valence-electron chi connectivity index (χ1n) is 7.61. The van der Waals surface area contributed by atoms with E-state index in [0.717, 1.165) is 19.5 Å². The minimum absolute atomic E-state index is 0.0755. The van der Waals surface area contributed by atoms with Gasteiger partial charge in [-0.3, -0.25) is 0 Å². The van der Waals surface area contributed by atoms with Gasteiger partial charge >= 0.3 is 0 Å². The van der Waals surface area contributed by atoms with Crippen molar-refractivity contribution < 1.29 is 15.3 Å². The van der Waals surface area contributed by atoms with Crippen molar-refractivity contribution in [2.75, 3.05) is 26.2 Å². The van der Waals surface area contributed by atoms with Gasteiger partial charge in [0.25, 0.3) is 0 Å². The summed E-state index contributed by atoms with van der Waals surface area (Å²) in [5.74, 6) is -0.273. The van der Waals surface area contributed by atoms with E-state index in [0.29, 0.717) is 6.54 Å². The summed E-state index contributed by atoms with van der Waals surface area (Å²) in [5.41, 5.74) is 0. The largest absolute Gasteiger partial charge is 0.396 e. The van der Waals surface area contributed by atoms with E-state index in [2.05, 4.69) is 17.6 Å². The summed E-state index contributed by atoms with van der Waals surface area (Å²) >= 11 is 0.